The van der Waals surface area contributed by atoms with Gasteiger partial charge < -0.3 is 10.2 Å². The highest BCUT2D eigenvalue weighted by atomic mass is 16.6. The monoisotopic (exact) mass is 347 g/mol. The van der Waals surface area contributed by atoms with Crippen LogP contribution in [0.2, 0.25) is 0 Å². The maximum Gasteiger partial charge on any atom is 0.271 e. The van der Waals surface area contributed by atoms with Crippen molar-refractivity contribution in [2.24, 2.45) is 11.3 Å². The second kappa shape index (κ2) is 7.21. The first kappa shape index (κ1) is 18.9. The summed E-state index contributed by atoms with van der Waals surface area (Å²) in [4.78, 5) is 37.0. The van der Waals surface area contributed by atoms with Crippen molar-refractivity contribution in [1.82, 2.24) is 4.90 Å². The fourth-order valence-electron chi connectivity index (χ4n) is 2.91. The molecule has 1 fully saturated rings. The van der Waals surface area contributed by atoms with Crippen LogP contribution in [0.1, 0.15) is 39.2 Å². The van der Waals surface area contributed by atoms with Gasteiger partial charge in [-0.25, -0.2) is 0 Å². The minimum atomic E-state index is -0.480. The molecular weight excluding hydrogens is 322 g/mol. The standard InChI is InChI=1S/C18H25N3O4/c1-12-5-6-14(21(24)25)11-15(12)19-16(22)13-7-9-20(10-8-13)17(23)18(2,3)4/h5-6,11,13H,7-10H2,1-4H3,(H,19,22). The van der Waals surface area contributed by atoms with Crippen LogP contribution >= 0.6 is 0 Å². The number of rotatable bonds is 3. The Morgan fingerprint density at radius 2 is 1.84 bits per heavy atom. The van der Waals surface area contributed by atoms with E-state index in [0.29, 0.717) is 31.6 Å². The van der Waals surface area contributed by atoms with Gasteiger partial charge in [-0.15, -0.1) is 0 Å². The van der Waals surface area contributed by atoms with Gasteiger partial charge >= 0.3 is 0 Å². The van der Waals surface area contributed by atoms with Gasteiger partial charge in [0.25, 0.3) is 5.69 Å². The largest absolute Gasteiger partial charge is 0.342 e. The Balaban J connectivity index is 1.99. The van der Waals surface area contributed by atoms with Crippen molar-refractivity contribution in [1.29, 1.82) is 0 Å². The van der Waals surface area contributed by atoms with Crippen molar-refractivity contribution in [2.75, 3.05) is 18.4 Å². The van der Waals surface area contributed by atoms with Crippen molar-refractivity contribution in [3.05, 3.63) is 33.9 Å². The summed E-state index contributed by atoms with van der Waals surface area (Å²) in [6, 6.07) is 4.42. The van der Waals surface area contributed by atoms with E-state index in [2.05, 4.69) is 5.32 Å². The van der Waals surface area contributed by atoms with Crippen LogP contribution in [0.5, 0.6) is 0 Å². The number of carbonyl (C=O) groups is 2. The number of hydrogen-bond donors (Lipinski definition) is 1. The number of nitrogens with one attached hydrogen (secondary N) is 1. The molecule has 2 amide bonds. The average molecular weight is 347 g/mol. The van der Waals surface area contributed by atoms with Crippen LogP contribution in [0.4, 0.5) is 11.4 Å². The molecule has 0 atom stereocenters. The van der Waals surface area contributed by atoms with Crippen molar-refractivity contribution in [2.45, 2.75) is 40.5 Å². The van der Waals surface area contributed by atoms with Crippen molar-refractivity contribution in [3.8, 4) is 0 Å². The van der Waals surface area contributed by atoms with E-state index in [4.69, 9.17) is 0 Å². The Labute approximate surface area is 147 Å². The van der Waals surface area contributed by atoms with Crippen molar-refractivity contribution >= 4 is 23.2 Å². The van der Waals surface area contributed by atoms with E-state index in [-0.39, 0.29) is 23.4 Å². The lowest BCUT2D eigenvalue weighted by atomic mass is 9.90. The highest BCUT2D eigenvalue weighted by Gasteiger charge is 2.32. The molecule has 1 aliphatic rings. The number of nitrogens with zero attached hydrogens (tertiary/aromatic N) is 2. The predicted molar refractivity (Wildman–Crippen MR) is 95.2 cm³/mol. The summed E-state index contributed by atoms with van der Waals surface area (Å²) in [5.41, 5.74) is 0.771. The summed E-state index contributed by atoms with van der Waals surface area (Å²) in [6.07, 6.45) is 1.20. The molecule has 0 saturated carbocycles. The lowest BCUT2D eigenvalue weighted by Crippen LogP contribution is -2.45. The molecule has 2 rings (SSSR count). The van der Waals surface area contributed by atoms with Crippen LogP contribution in [0.25, 0.3) is 0 Å². The number of likely N-dealkylation sites (tertiary alicyclic amines) is 1. The number of piperidine rings is 1. The average Bonchev–Trinajstić information content (AvgIpc) is 2.55. The van der Waals surface area contributed by atoms with Gasteiger partial charge in [-0.2, -0.15) is 0 Å². The number of amides is 2. The third kappa shape index (κ3) is 4.55. The fourth-order valence-corrected chi connectivity index (χ4v) is 2.91. The van der Waals surface area contributed by atoms with E-state index in [1.807, 2.05) is 25.7 Å². The second-order valence-corrected chi connectivity index (χ2v) is 7.56. The van der Waals surface area contributed by atoms with Crippen LogP contribution in [0.15, 0.2) is 18.2 Å². The molecule has 0 bridgehead atoms. The topological polar surface area (TPSA) is 92.6 Å². The molecule has 0 radical (unpaired) electrons. The summed E-state index contributed by atoms with van der Waals surface area (Å²) >= 11 is 0. The van der Waals surface area contributed by atoms with Gasteiger partial charge in [-0.05, 0) is 25.3 Å². The van der Waals surface area contributed by atoms with Crippen LogP contribution in [0.3, 0.4) is 0 Å². The number of anilines is 1. The number of non-ortho nitro benzene ring substituents is 1. The lowest BCUT2D eigenvalue weighted by molar-refractivity contribution is -0.384. The first-order chi connectivity index (χ1) is 11.6. The molecule has 1 aromatic rings. The minimum absolute atomic E-state index is 0.0495. The lowest BCUT2D eigenvalue weighted by Gasteiger charge is -2.35. The third-order valence-electron chi connectivity index (χ3n) is 4.48. The van der Waals surface area contributed by atoms with Crippen molar-refractivity contribution < 1.29 is 14.5 Å². The van der Waals surface area contributed by atoms with Crippen LogP contribution in [-0.2, 0) is 9.59 Å². The molecule has 1 aliphatic heterocycles. The molecule has 1 heterocycles. The number of hydrogen-bond acceptors (Lipinski definition) is 4. The number of nitro benzene ring substituents is 1. The Morgan fingerprint density at radius 1 is 1.24 bits per heavy atom. The van der Waals surface area contributed by atoms with E-state index in [1.54, 1.807) is 13.0 Å². The first-order valence-corrected chi connectivity index (χ1v) is 8.45. The normalized spacial score (nSPS) is 15.8. The van der Waals surface area contributed by atoms with E-state index in [0.717, 1.165) is 5.56 Å². The van der Waals surface area contributed by atoms with Gasteiger partial charge in [-0.3, -0.25) is 19.7 Å². The zero-order chi connectivity index (χ0) is 18.8. The zero-order valence-electron chi connectivity index (χ0n) is 15.2. The molecule has 0 unspecified atom stereocenters. The maximum atomic E-state index is 12.5. The van der Waals surface area contributed by atoms with E-state index in [9.17, 15) is 19.7 Å². The molecule has 0 spiro atoms. The molecule has 1 saturated heterocycles. The molecule has 25 heavy (non-hydrogen) atoms. The van der Waals surface area contributed by atoms with E-state index >= 15 is 0 Å². The van der Waals surface area contributed by atoms with Crippen LogP contribution in [0, 0.1) is 28.4 Å². The molecular formula is C18H25N3O4. The quantitative estimate of drug-likeness (QED) is 0.671. The number of nitro groups is 1. The second-order valence-electron chi connectivity index (χ2n) is 7.56. The van der Waals surface area contributed by atoms with Gasteiger partial charge in [0.2, 0.25) is 11.8 Å². The van der Waals surface area contributed by atoms with E-state index in [1.165, 1.54) is 12.1 Å². The number of benzene rings is 1. The predicted octanol–water partition coefficient (Wildman–Crippen LogP) is 3.13. The van der Waals surface area contributed by atoms with Crippen LogP contribution in [-0.4, -0.2) is 34.7 Å². The molecule has 7 heteroatoms. The molecule has 0 aliphatic carbocycles. The van der Waals surface area contributed by atoms with E-state index < -0.39 is 10.3 Å². The first-order valence-electron chi connectivity index (χ1n) is 8.45. The van der Waals surface area contributed by atoms with Crippen molar-refractivity contribution in [3.63, 3.8) is 0 Å². The smallest absolute Gasteiger partial charge is 0.271 e. The van der Waals surface area contributed by atoms with Gasteiger partial charge in [0.05, 0.1) is 10.6 Å². The SMILES string of the molecule is Cc1ccc([N+](=O)[O-])cc1NC(=O)C1CCN(C(=O)C(C)(C)C)CC1. The zero-order valence-corrected chi connectivity index (χ0v) is 15.2. The molecule has 1 N–H and O–H groups in total. The summed E-state index contributed by atoms with van der Waals surface area (Å²) in [5, 5.41) is 13.7. The molecule has 136 valence electrons. The number of carbonyl (C=O) groups excluding carboxylic acids is 2. The summed E-state index contributed by atoms with van der Waals surface area (Å²) in [7, 11) is 0. The Hall–Kier alpha value is -2.44. The van der Waals surface area contributed by atoms with Crippen LogP contribution < -0.4 is 5.32 Å². The molecule has 1 aromatic carbocycles. The molecule has 0 aromatic heterocycles. The van der Waals surface area contributed by atoms with Gasteiger partial charge in [0.15, 0.2) is 0 Å². The maximum absolute atomic E-state index is 12.5. The Kier molecular flexibility index (Phi) is 5.45. The van der Waals surface area contributed by atoms with Gasteiger partial charge in [-0.1, -0.05) is 26.8 Å². The summed E-state index contributed by atoms with van der Waals surface area (Å²) < 4.78 is 0. The Morgan fingerprint density at radius 3 is 2.36 bits per heavy atom. The number of aryl methyl sites for hydroxylation is 1. The highest BCUT2D eigenvalue weighted by Crippen LogP contribution is 2.26. The van der Waals surface area contributed by atoms with Gasteiger partial charge in [0, 0.05) is 36.6 Å². The minimum Gasteiger partial charge on any atom is -0.342 e. The highest BCUT2D eigenvalue weighted by molar-refractivity contribution is 5.94. The van der Waals surface area contributed by atoms with Gasteiger partial charge in [0.1, 0.15) is 0 Å². The third-order valence-corrected chi connectivity index (χ3v) is 4.48. The summed E-state index contributed by atoms with van der Waals surface area (Å²) in [6.45, 7) is 8.58. The Bertz CT molecular complexity index is 686. The summed E-state index contributed by atoms with van der Waals surface area (Å²) in [5.74, 6) is -0.241. The molecule has 7 nitrogen and oxygen atoms in total. The fraction of sp³-hybridized carbons (Fsp3) is 0.556.